The molecule has 2 heteroatoms. The maximum atomic E-state index is 5.93. The van der Waals surface area contributed by atoms with E-state index in [1.807, 2.05) is 6.26 Å². The molecule has 2 aromatic rings. The van der Waals surface area contributed by atoms with E-state index in [1.165, 1.54) is 48.3 Å². The Hall–Kier alpha value is -1.70. The van der Waals surface area contributed by atoms with Crippen LogP contribution in [0.1, 0.15) is 55.5 Å². The van der Waals surface area contributed by atoms with Crippen LogP contribution < -0.4 is 4.90 Å². The number of hydrogen-bond donors (Lipinski definition) is 0. The van der Waals surface area contributed by atoms with Crippen LogP contribution in [0.3, 0.4) is 0 Å². The molecule has 0 bridgehead atoms. The summed E-state index contributed by atoms with van der Waals surface area (Å²) < 4.78 is 5.93. The zero-order valence-electron chi connectivity index (χ0n) is 12.2. The van der Waals surface area contributed by atoms with Crippen LogP contribution >= 0.6 is 0 Å². The van der Waals surface area contributed by atoms with E-state index < -0.39 is 0 Å². The summed E-state index contributed by atoms with van der Waals surface area (Å²) >= 11 is 0. The van der Waals surface area contributed by atoms with Crippen molar-refractivity contribution in [3.63, 3.8) is 0 Å². The number of fused-ring (bicyclic) bond motifs is 2. The van der Waals surface area contributed by atoms with Gasteiger partial charge in [0.2, 0.25) is 0 Å². The fourth-order valence-electron chi connectivity index (χ4n) is 4.35. The summed E-state index contributed by atoms with van der Waals surface area (Å²) in [5.74, 6) is 1.23. The van der Waals surface area contributed by atoms with Gasteiger partial charge in [-0.25, -0.2) is 0 Å². The van der Waals surface area contributed by atoms with Gasteiger partial charge in [0, 0.05) is 11.3 Å². The first-order chi connectivity index (χ1) is 9.74. The molecule has 1 saturated carbocycles. The second kappa shape index (κ2) is 4.15. The molecule has 0 N–H and O–H groups in total. The van der Waals surface area contributed by atoms with Gasteiger partial charge in [0.15, 0.2) is 0 Å². The van der Waals surface area contributed by atoms with Crippen molar-refractivity contribution in [2.24, 2.45) is 0 Å². The number of hydrogen-bond acceptors (Lipinski definition) is 2. The Kier molecular flexibility index (Phi) is 2.50. The van der Waals surface area contributed by atoms with Gasteiger partial charge in [-0.2, -0.15) is 0 Å². The van der Waals surface area contributed by atoms with Crippen molar-refractivity contribution < 1.29 is 4.42 Å². The molecule has 1 aromatic carbocycles. The van der Waals surface area contributed by atoms with Crippen LogP contribution in [0, 0.1) is 6.92 Å². The average Bonchev–Trinajstić information content (AvgIpc) is 3.12. The molecule has 1 aliphatic carbocycles. The van der Waals surface area contributed by atoms with Crippen molar-refractivity contribution in [1.29, 1.82) is 0 Å². The van der Waals surface area contributed by atoms with E-state index in [4.69, 9.17) is 4.42 Å². The molecular weight excluding hydrogens is 246 g/mol. The van der Waals surface area contributed by atoms with Crippen molar-refractivity contribution in [2.75, 3.05) is 4.90 Å². The molecule has 2 nitrogen and oxygen atoms in total. The Morgan fingerprint density at radius 1 is 1.15 bits per heavy atom. The molecule has 2 aliphatic rings. The van der Waals surface area contributed by atoms with Crippen LogP contribution in [0.5, 0.6) is 0 Å². The van der Waals surface area contributed by atoms with Crippen LogP contribution in [-0.2, 0) is 5.54 Å². The van der Waals surface area contributed by atoms with Crippen LogP contribution in [0.2, 0.25) is 0 Å². The Balaban J connectivity index is 1.91. The third-order valence-electron chi connectivity index (χ3n) is 5.22. The normalized spacial score (nSPS) is 23.5. The summed E-state index contributed by atoms with van der Waals surface area (Å²) in [7, 11) is 0. The van der Waals surface area contributed by atoms with Gasteiger partial charge < -0.3 is 9.32 Å². The van der Waals surface area contributed by atoms with E-state index in [-0.39, 0.29) is 5.54 Å². The summed E-state index contributed by atoms with van der Waals surface area (Å²) in [6.07, 6.45) is 6.90. The quantitative estimate of drug-likeness (QED) is 0.727. The van der Waals surface area contributed by atoms with E-state index in [0.717, 1.165) is 0 Å². The highest BCUT2D eigenvalue weighted by Gasteiger charge is 2.53. The Labute approximate surface area is 120 Å². The largest absolute Gasteiger partial charge is 0.466 e. The number of nitrogens with zero attached hydrogens (tertiary/aromatic N) is 1. The van der Waals surface area contributed by atoms with Gasteiger partial charge in [-0.15, -0.1) is 0 Å². The number of para-hydroxylation sites is 1. The fourth-order valence-corrected chi connectivity index (χ4v) is 4.35. The summed E-state index contributed by atoms with van der Waals surface area (Å²) in [6, 6.07) is 11.3. The van der Waals surface area contributed by atoms with Gasteiger partial charge in [0.1, 0.15) is 5.76 Å². The fraction of sp³-hybridized carbons (Fsp3) is 0.444. The molecular formula is C18H21NO. The number of anilines is 1. The SMILES string of the molecule is Cc1ccccc1N1C(C)c2ccoc2C12CCCC2. The van der Waals surface area contributed by atoms with Crippen molar-refractivity contribution >= 4 is 5.69 Å². The first kappa shape index (κ1) is 12.1. The minimum absolute atomic E-state index is 0.102. The molecule has 20 heavy (non-hydrogen) atoms. The van der Waals surface area contributed by atoms with Gasteiger partial charge in [-0.05, 0) is 44.4 Å². The second-order valence-corrected chi connectivity index (χ2v) is 6.28. The third-order valence-corrected chi connectivity index (χ3v) is 5.22. The molecule has 1 aromatic heterocycles. The standard InChI is InChI=1S/C18H21NO/c1-13-7-3-4-8-16(13)19-14(2)15-9-12-20-17(15)18(19)10-5-6-11-18/h3-4,7-9,12,14H,5-6,10-11H2,1-2H3. The predicted octanol–water partition coefficient (Wildman–Crippen LogP) is 4.94. The summed E-state index contributed by atoms with van der Waals surface area (Å²) in [4.78, 5) is 2.63. The van der Waals surface area contributed by atoms with E-state index in [2.05, 4.69) is 49.1 Å². The lowest BCUT2D eigenvalue weighted by molar-refractivity contribution is 0.337. The lowest BCUT2D eigenvalue weighted by Crippen LogP contribution is -2.40. The van der Waals surface area contributed by atoms with Gasteiger partial charge >= 0.3 is 0 Å². The lowest BCUT2D eigenvalue weighted by Gasteiger charge is -2.40. The van der Waals surface area contributed by atoms with Crippen LogP contribution in [0.15, 0.2) is 41.0 Å². The topological polar surface area (TPSA) is 16.4 Å². The smallest absolute Gasteiger partial charge is 0.134 e. The maximum absolute atomic E-state index is 5.93. The predicted molar refractivity (Wildman–Crippen MR) is 80.9 cm³/mol. The van der Waals surface area contributed by atoms with E-state index in [0.29, 0.717) is 6.04 Å². The molecule has 0 saturated heterocycles. The molecule has 1 spiro atoms. The van der Waals surface area contributed by atoms with Gasteiger partial charge in [-0.1, -0.05) is 31.0 Å². The Morgan fingerprint density at radius 3 is 2.65 bits per heavy atom. The van der Waals surface area contributed by atoms with Crippen molar-refractivity contribution in [3.05, 3.63) is 53.5 Å². The van der Waals surface area contributed by atoms with E-state index >= 15 is 0 Å². The highest BCUT2D eigenvalue weighted by atomic mass is 16.3. The maximum Gasteiger partial charge on any atom is 0.134 e. The van der Waals surface area contributed by atoms with Gasteiger partial charge in [0.25, 0.3) is 0 Å². The zero-order valence-corrected chi connectivity index (χ0v) is 12.2. The molecule has 1 unspecified atom stereocenters. The first-order valence-corrected chi connectivity index (χ1v) is 7.67. The second-order valence-electron chi connectivity index (χ2n) is 6.28. The van der Waals surface area contributed by atoms with Crippen molar-refractivity contribution in [1.82, 2.24) is 0 Å². The van der Waals surface area contributed by atoms with Crippen molar-refractivity contribution in [3.8, 4) is 0 Å². The Morgan fingerprint density at radius 2 is 1.90 bits per heavy atom. The average molecular weight is 267 g/mol. The highest BCUT2D eigenvalue weighted by molar-refractivity contribution is 5.62. The van der Waals surface area contributed by atoms with Crippen LogP contribution in [-0.4, -0.2) is 0 Å². The molecule has 104 valence electrons. The molecule has 1 atom stereocenters. The molecule has 0 radical (unpaired) electrons. The molecule has 2 heterocycles. The van der Waals surface area contributed by atoms with Crippen molar-refractivity contribution in [2.45, 2.75) is 51.1 Å². The summed E-state index contributed by atoms with van der Waals surface area (Å²) in [5.41, 5.74) is 4.21. The van der Waals surface area contributed by atoms with Crippen LogP contribution in [0.25, 0.3) is 0 Å². The number of rotatable bonds is 1. The zero-order chi connectivity index (χ0) is 13.7. The molecule has 1 aliphatic heterocycles. The Bertz CT molecular complexity index is 636. The monoisotopic (exact) mass is 267 g/mol. The highest BCUT2D eigenvalue weighted by Crippen LogP contribution is 2.56. The molecule has 1 fully saturated rings. The van der Waals surface area contributed by atoms with E-state index in [1.54, 1.807) is 0 Å². The number of furan rings is 1. The minimum Gasteiger partial charge on any atom is -0.466 e. The summed E-state index contributed by atoms with van der Waals surface area (Å²) in [5, 5.41) is 0. The lowest BCUT2D eigenvalue weighted by atomic mass is 9.93. The number of benzene rings is 1. The summed E-state index contributed by atoms with van der Waals surface area (Å²) in [6.45, 7) is 4.53. The number of aryl methyl sites for hydroxylation is 1. The van der Waals surface area contributed by atoms with Gasteiger partial charge in [0.05, 0.1) is 17.8 Å². The third kappa shape index (κ3) is 1.39. The minimum atomic E-state index is 0.102. The first-order valence-electron chi connectivity index (χ1n) is 7.67. The molecule has 4 rings (SSSR count). The molecule has 0 amide bonds. The van der Waals surface area contributed by atoms with Crippen LogP contribution in [0.4, 0.5) is 5.69 Å². The van der Waals surface area contributed by atoms with Gasteiger partial charge in [-0.3, -0.25) is 0 Å². The van der Waals surface area contributed by atoms with E-state index in [9.17, 15) is 0 Å².